The molecule has 0 amide bonds. The van der Waals surface area contributed by atoms with Crippen LogP contribution < -0.4 is 0 Å². The summed E-state index contributed by atoms with van der Waals surface area (Å²) in [5, 5.41) is 10.2. The van der Waals surface area contributed by atoms with E-state index in [0.29, 0.717) is 0 Å². The van der Waals surface area contributed by atoms with Crippen molar-refractivity contribution < 1.29 is 5.11 Å². The van der Waals surface area contributed by atoms with Crippen LogP contribution in [-0.4, -0.2) is 10.8 Å². The number of hydrogen-bond donors (Lipinski definition) is 1. The molecule has 0 heterocycles. The Labute approximate surface area is 126 Å². The molecule has 2 nitrogen and oxygen atoms in total. The quantitative estimate of drug-likeness (QED) is 0.546. The number of aliphatic hydroxyl groups is 1. The maximum absolute atomic E-state index is 10.2. The Bertz CT molecular complexity index is 600. The fourth-order valence-corrected chi connectivity index (χ4v) is 2.04. The van der Waals surface area contributed by atoms with Crippen LogP contribution in [-0.2, 0) is 0 Å². The number of allylic oxidation sites excluding steroid dienone is 1. The highest BCUT2D eigenvalue weighted by molar-refractivity contribution is 6.01. The van der Waals surface area contributed by atoms with Gasteiger partial charge >= 0.3 is 0 Å². The highest BCUT2D eigenvalue weighted by Gasteiger charge is 2.02. The summed E-state index contributed by atoms with van der Waals surface area (Å²) in [4.78, 5) is 4.64. The van der Waals surface area contributed by atoms with Crippen LogP contribution in [0.1, 0.15) is 31.7 Å². The Hall–Kier alpha value is -2.35. The van der Waals surface area contributed by atoms with E-state index in [4.69, 9.17) is 0 Å². The highest BCUT2D eigenvalue weighted by atomic mass is 16.3. The molecule has 2 rings (SSSR count). The number of benzene rings is 2. The number of para-hydroxylation sites is 1. The second-order valence-corrected chi connectivity index (χ2v) is 4.94. The molecule has 2 heteroatoms. The summed E-state index contributed by atoms with van der Waals surface area (Å²) in [6.45, 7) is 2.15. The average molecular weight is 279 g/mol. The molecule has 0 bridgehead atoms. The molecule has 0 aliphatic carbocycles. The van der Waals surface area contributed by atoms with Crippen molar-refractivity contribution in [1.82, 2.24) is 0 Å². The van der Waals surface area contributed by atoms with Crippen molar-refractivity contribution in [3.8, 4) is 0 Å². The van der Waals surface area contributed by atoms with Crippen molar-refractivity contribution >= 4 is 17.2 Å². The molecule has 108 valence electrons. The van der Waals surface area contributed by atoms with Gasteiger partial charge in [0.15, 0.2) is 0 Å². The van der Waals surface area contributed by atoms with E-state index in [1.165, 1.54) is 0 Å². The maximum atomic E-state index is 10.2. The van der Waals surface area contributed by atoms with Crippen LogP contribution in [0.15, 0.2) is 71.7 Å². The average Bonchev–Trinajstić information content (AvgIpc) is 2.54. The zero-order valence-corrected chi connectivity index (χ0v) is 12.4. The first-order valence-electron chi connectivity index (χ1n) is 7.38. The van der Waals surface area contributed by atoms with E-state index in [9.17, 15) is 5.11 Å². The van der Waals surface area contributed by atoms with E-state index < -0.39 is 0 Å². The van der Waals surface area contributed by atoms with E-state index in [1.54, 1.807) is 6.08 Å². The molecule has 2 aromatic rings. The molecule has 0 spiro atoms. The van der Waals surface area contributed by atoms with Gasteiger partial charge in [0.25, 0.3) is 0 Å². The van der Waals surface area contributed by atoms with Gasteiger partial charge < -0.3 is 5.11 Å². The van der Waals surface area contributed by atoms with Crippen LogP contribution in [0, 0.1) is 0 Å². The zero-order valence-electron chi connectivity index (χ0n) is 12.4. The standard InChI is InChI=1S/C19H21NO/c1-2-3-12-18(20-17-13-8-5-9-14-17)15-19(21)16-10-6-4-7-11-16/h4-11,13-15,21H,2-3,12H2,1H3/b19-15-,20-18+. The second-order valence-electron chi connectivity index (χ2n) is 4.94. The first kappa shape index (κ1) is 15.0. The van der Waals surface area contributed by atoms with Gasteiger partial charge in [0, 0.05) is 17.4 Å². The third kappa shape index (κ3) is 4.92. The van der Waals surface area contributed by atoms with Crippen LogP contribution in [0.3, 0.4) is 0 Å². The summed E-state index contributed by atoms with van der Waals surface area (Å²) in [5.41, 5.74) is 2.64. The van der Waals surface area contributed by atoms with Gasteiger partial charge in [-0.1, -0.05) is 61.9 Å². The number of hydrogen-bond acceptors (Lipinski definition) is 2. The molecule has 1 N–H and O–H groups in total. The highest BCUT2D eigenvalue weighted by Crippen LogP contribution is 2.16. The second kappa shape index (κ2) is 8.05. The lowest BCUT2D eigenvalue weighted by molar-refractivity contribution is 0.512. The molecular weight excluding hydrogens is 258 g/mol. The summed E-state index contributed by atoms with van der Waals surface area (Å²) in [5.74, 6) is 0.265. The molecular formula is C19H21NO. The van der Waals surface area contributed by atoms with Gasteiger partial charge in [-0.25, -0.2) is 0 Å². The van der Waals surface area contributed by atoms with Crippen LogP contribution in [0.4, 0.5) is 5.69 Å². The fraction of sp³-hybridized carbons (Fsp3) is 0.211. The van der Waals surface area contributed by atoms with Gasteiger partial charge in [-0.3, -0.25) is 4.99 Å². The minimum atomic E-state index is 0.265. The maximum Gasteiger partial charge on any atom is 0.124 e. The lowest BCUT2D eigenvalue weighted by atomic mass is 10.1. The van der Waals surface area contributed by atoms with Gasteiger partial charge in [0.2, 0.25) is 0 Å². The number of aliphatic hydroxyl groups excluding tert-OH is 1. The summed E-state index contributed by atoms with van der Waals surface area (Å²) >= 11 is 0. The summed E-state index contributed by atoms with van der Waals surface area (Å²) in [6.07, 6.45) is 4.80. The first-order chi connectivity index (χ1) is 10.3. The van der Waals surface area contributed by atoms with Crippen LogP contribution in [0.5, 0.6) is 0 Å². The molecule has 0 fully saturated rings. The third-order valence-corrected chi connectivity index (χ3v) is 3.19. The smallest absolute Gasteiger partial charge is 0.124 e. The van der Waals surface area contributed by atoms with Crippen LogP contribution in [0.2, 0.25) is 0 Å². The Morgan fingerprint density at radius 2 is 1.62 bits per heavy atom. The lowest BCUT2D eigenvalue weighted by Gasteiger charge is -2.04. The Morgan fingerprint density at radius 3 is 2.24 bits per heavy atom. The van der Waals surface area contributed by atoms with Gasteiger partial charge in [-0.05, 0) is 25.0 Å². The molecule has 0 saturated carbocycles. The molecule has 0 atom stereocenters. The molecule has 0 aliphatic rings. The van der Waals surface area contributed by atoms with E-state index in [0.717, 1.165) is 36.2 Å². The Morgan fingerprint density at radius 1 is 1.00 bits per heavy atom. The van der Waals surface area contributed by atoms with Gasteiger partial charge in [-0.2, -0.15) is 0 Å². The van der Waals surface area contributed by atoms with Gasteiger partial charge in [0.1, 0.15) is 5.76 Å². The SMILES string of the molecule is CCCCC(/C=C(\O)c1ccccc1)=N\c1ccccc1. The van der Waals surface area contributed by atoms with E-state index >= 15 is 0 Å². The molecule has 2 aromatic carbocycles. The predicted octanol–water partition coefficient (Wildman–Crippen LogP) is 5.55. The van der Waals surface area contributed by atoms with Crippen molar-refractivity contribution in [2.75, 3.05) is 0 Å². The molecule has 0 aromatic heterocycles. The summed E-state index contributed by atoms with van der Waals surface area (Å²) in [6, 6.07) is 19.4. The topological polar surface area (TPSA) is 32.6 Å². The van der Waals surface area contributed by atoms with E-state index in [2.05, 4.69) is 11.9 Å². The summed E-state index contributed by atoms with van der Waals surface area (Å²) in [7, 11) is 0. The third-order valence-electron chi connectivity index (χ3n) is 3.19. The molecule has 0 unspecified atom stereocenters. The van der Waals surface area contributed by atoms with E-state index in [-0.39, 0.29) is 5.76 Å². The molecule has 0 aliphatic heterocycles. The number of nitrogens with zero attached hydrogens (tertiary/aromatic N) is 1. The Balaban J connectivity index is 2.26. The minimum Gasteiger partial charge on any atom is -0.507 e. The van der Waals surface area contributed by atoms with Crippen molar-refractivity contribution in [3.63, 3.8) is 0 Å². The monoisotopic (exact) mass is 279 g/mol. The van der Waals surface area contributed by atoms with Crippen LogP contribution in [0.25, 0.3) is 5.76 Å². The van der Waals surface area contributed by atoms with Crippen molar-refractivity contribution in [3.05, 3.63) is 72.3 Å². The van der Waals surface area contributed by atoms with Gasteiger partial charge in [-0.15, -0.1) is 0 Å². The number of unbranched alkanes of at least 4 members (excludes halogenated alkanes) is 1. The lowest BCUT2D eigenvalue weighted by Crippen LogP contribution is -1.96. The molecule has 0 radical (unpaired) electrons. The normalized spacial score (nSPS) is 12.4. The summed E-state index contributed by atoms with van der Waals surface area (Å²) < 4.78 is 0. The predicted molar refractivity (Wildman–Crippen MR) is 90.1 cm³/mol. The molecule has 0 saturated heterocycles. The minimum absolute atomic E-state index is 0.265. The largest absolute Gasteiger partial charge is 0.507 e. The number of rotatable bonds is 6. The fourth-order valence-electron chi connectivity index (χ4n) is 2.04. The first-order valence-corrected chi connectivity index (χ1v) is 7.38. The van der Waals surface area contributed by atoms with Gasteiger partial charge in [0.05, 0.1) is 5.69 Å². The zero-order chi connectivity index (χ0) is 14.9. The van der Waals surface area contributed by atoms with Crippen LogP contribution >= 0.6 is 0 Å². The number of aliphatic imine (C=N–C) groups is 1. The van der Waals surface area contributed by atoms with Crippen molar-refractivity contribution in [1.29, 1.82) is 0 Å². The van der Waals surface area contributed by atoms with E-state index in [1.807, 2.05) is 60.7 Å². The molecule has 21 heavy (non-hydrogen) atoms. The van der Waals surface area contributed by atoms with Crippen molar-refractivity contribution in [2.45, 2.75) is 26.2 Å². The Kier molecular flexibility index (Phi) is 5.77. The van der Waals surface area contributed by atoms with Crippen molar-refractivity contribution in [2.24, 2.45) is 4.99 Å².